The minimum atomic E-state index is 0.835. The smallest absolute Gasteiger partial charge is 0.188 e. The van der Waals surface area contributed by atoms with E-state index >= 15 is 0 Å². The number of ether oxygens (including phenoxy) is 1. The third kappa shape index (κ3) is 2.39. The minimum absolute atomic E-state index is 0.835. The van der Waals surface area contributed by atoms with Gasteiger partial charge in [0.1, 0.15) is 5.75 Å². The number of hydrogen-bond donors (Lipinski definition) is 1. The first-order valence-electron chi connectivity index (χ1n) is 6.03. The van der Waals surface area contributed by atoms with E-state index in [-0.39, 0.29) is 0 Å². The van der Waals surface area contributed by atoms with Gasteiger partial charge < -0.3 is 10.1 Å². The van der Waals surface area contributed by atoms with E-state index in [9.17, 15) is 0 Å². The molecule has 0 fully saturated rings. The number of nitrogens with one attached hydrogen (secondary N) is 1. The summed E-state index contributed by atoms with van der Waals surface area (Å²) in [6.45, 7) is 2.08. The Balaban J connectivity index is 1.94. The van der Waals surface area contributed by atoms with Crippen molar-refractivity contribution in [2.45, 2.75) is 6.92 Å². The standard InChI is InChI=1S/C15H14N2OS/c1-10-5-3-8-13-14(10)17-15(19-13)16-11-6-4-7-12(9-11)18-2/h3-9H,1-2H3,(H,16,17). The van der Waals surface area contributed by atoms with Gasteiger partial charge in [-0.3, -0.25) is 0 Å². The van der Waals surface area contributed by atoms with Crippen molar-refractivity contribution in [1.82, 2.24) is 4.98 Å². The molecule has 96 valence electrons. The number of thiazole rings is 1. The van der Waals surface area contributed by atoms with E-state index in [2.05, 4.69) is 35.4 Å². The monoisotopic (exact) mass is 270 g/mol. The Kier molecular flexibility index (Phi) is 3.09. The van der Waals surface area contributed by atoms with Crippen LogP contribution in [0.2, 0.25) is 0 Å². The summed E-state index contributed by atoms with van der Waals surface area (Å²) in [5, 5.41) is 4.22. The molecule has 0 aliphatic carbocycles. The summed E-state index contributed by atoms with van der Waals surface area (Å²) in [6.07, 6.45) is 0. The first-order valence-corrected chi connectivity index (χ1v) is 6.85. The molecule has 0 bridgehead atoms. The van der Waals surface area contributed by atoms with E-state index in [1.165, 1.54) is 10.3 Å². The molecule has 0 aliphatic rings. The lowest BCUT2D eigenvalue weighted by atomic mass is 10.2. The van der Waals surface area contributed by atoms with Crippen LogP contribution in [0.5, 0.6) is 5.75 Å². The third-order valence-corrected chi connectivity index (χ3v) is 3.88. The highest BCUT2D eigenvalue weighted by Gasteiger charge is 2.06. The fourth-order valence-electron chi connectivity index (χ4n) is 1.96. The van der Waals surface area contributed by atoms with Crippen LogP contribution in [0, 0.1) is 6.92 Å². The summed E-state index contributed by atoms with van der Waals surface area (Å²) in [5.41, 5.74) is 3.25. The predicted octanol–water partition coefficient (Wildman–Crippen LogP) is 4.36. The van der Waals surface area contributed by atoms with Crippen LogP contribution in [0.3, 0.4) is 0 Å². The molecule has 1 N–H and O–H groups in total. The number of fused-ring (bicyclic) bond motifs is 1. The fraction of sp³-hybridized carbons (Fsp3) is 0.133. The number of para-hydroxylation sites is 1. The zero-order valence-corrected chi connectivity index (χ0v) is 11.6. The molecule has 1 aromatic heterocycles. The van der Waals surface area contributed by atoms with Gasteiger partial charge in [-0.25, -0.2) is 4.98 Å². The van der Waals surface area contributed by atoms with Crippen molar-refractivity contribution >= 4 is 32.4 Å². The zero-order chi connectivity index (χ0) is 13.2. The van der Waals surface area contributed by atoms with Crippen molar-refractivity contribution in [3.8, 4) is 5.75 Å². The molecular formula is C15H14N2OS. The van der Waals surface area contributed by atoms with Gasteiger partial charge in [0, 0.05) is 11.8 Å². The van der Waals surface area contributed by atoms with Crippen LogP contribution in [0.4, 0.5) is 10.8 Å². The number of aromatic nitrogens is 1. The Morgan fingerprint density at radius 1 is 1.16 bits per heavy atom. The normalized spacial score (nSPS) is 10.6. The minimum Gasteiger partial charge on any atom is -0.497 e. The first-order chi connectivity index (χ1) is 9.26. The number of benzene rings is 2. The quantitative estimate of drug-likeness (QED) is 0.768. The van der Waals surface area contributed by atoms with E-state index in [0.29, 0.717) is 0 Å². The lowest BCUT2D eigenvalue weighted by Gasteiger charge is -2.04. The first kappa shape index (κ1) is 12.0. The molecule has 0 radical (unpaired) electrons. The van der Waals surface area contributed by atoms with Crippen molar-refractivity contribution in [2.24, 2.45) is 0 Å². The molecule has 0 amide bonds. The van der Waals surface area contributed by atoms with Crippen LogP contribution in [0.25, 0.3) is 10.2 Å². The van der Waals surface area contributed by atoms with Crippen LogP contribution >= 0.6 is 11.3 Å². The van der Waals surface area contributed by atoms with Gasteiger partial charge >= 0.3 is 0 Å². The van der Waals surface area contributed by atoms with E-state index in [1.54, 1.807) is 18.4 Å². The van der Waals surface area contributed by atoms with Crippen LogP contribution in [-0.4, -0.2) is 12.1 Å². The average molecular weight is 270 g/mol. The third-order valence-electron chi connectivity index (χ3n) is 2.94. The molecule has 2 aromatic carbocycles. The summed E-state index contributed by atoms with van der Waals surface area (Å²) in [6, 6.07) is 14.1. The number of anilines is 2. The SMILES string of the molecule is COc1cccc(Nc2nc3c(C)cccc3s2)c1. The molecule has 0 saturated heterocycles. The molecule has 0 spiro atoms. The van der Waals surface area contributed by atoms with Gasteiger partial charge in [0.2, 0.25) is 0 Å². The molecule has 19 heavy (non-hydrogen) atoms. The maximum atomic E-state index is 5.21. The molecule has 3 nitrogen and oxygen atoms in total. The van der Waals surface area contributed by atoms with Crippen molar-refractivity contribution < 1.29 is 4.74 Å². The number of methoxy groups -OCH3 is 1. The van der Waals surface area contributed by atoms with Gasteiger partial charge in [0.25, 0.3) is 0 Å². The van der Waals surface area contributed by atoms with Gasteiger partial charge in [-0.05, 0) is 30.7 Å². The molecule has 3 rings (SSSR count). The highest BCUT2D eigenvalue weighted by molar-refractivity contribution is 7.22. The summed E-state index contributed by atoms with van der Waals surface area (Å²) in [4.78, 5) is 4.63. The van der Waals surface area contributed by atoms with Gasteiger partial charge in [0.05, 0.1) is 17.3 Å². The maximum Gasteiger partial charge on any atom is 0.188 e. The second-order valence-corrected chi connectivity index (χ2v) is 5.33. The van der Waals surface area contributed by atoms with Gasteiger partial charge in [-0.15, -0.1) is 0 Å². The summed E-state index contributed by atoms with van der Waals surface area (Å²) < 4.78 is 6.41. The summed E-state index contributed by atoms with van der Waals surface area (Å²) in [5.74, 6) is 0.835. The van der Waals surface area contributed by atoms with E-state index in [4.69, 9.17) is 4.74 Å². The maximum absolute atomic E-state index is 5.21. The number of aryl methyl sites for hydroxylation is 1. The lowest BCUT2D eigenvalue weighted by molar-refractivity contribution is 0.415. The molecule has 3 aromatic rings. The fourth-order valence-corrected chi connectivity index (χ4v) is 2.93. The molecular weight excluding hydrogens is 256 g/mol. The highest BCUT2D eigenvalue weighted by atomic mass is 32.1. The largest absolute Gasteiger partial charge is 0.497 e. The van der Waals surface area contributed by atoms with Gasteiger partial charge in [-0.2, -0.15) is 0 Å². The Morgan fingerprint density at radius 2 is 2.00 bits per heavy atom. The number of rotatable bonds is 3. The highest BCUT2D eigenvalue weighted by Crippen LogP contribution is 2.30. The number of nitrogens with zero attached hydrogens (tertiary/aromatic N) is 1. The van der Waals surface area contributed by atoms with E-state index < -0.39 is 0 Å². The molecule has 0 aliphatic heterocycles. The molecule has 0 unspecified atom stereocenters. The van der Waals surface area contributed by atoms with Crippen LogP contribution in [0.1, 0.15) is 5.56 Å². The van der Waals surface area contributed by atoms with E-state index in [0.717, 1.165) is 22.1 Å². The number of hydrogen-bond acceptors (Lipinski definition) is 4. The summed E-state index contributed by atoms with van der Waals surface area (Å²) >= 11 is 1.66. The van der Waals surface area contributed by atoms with Crippen molar-refractivity contribution in [3.63, 3.8) is 0 Å². The van der Waals surface area contributed by atoms with Crippen molar-refractivity contribution in [1.29, 1.82) is 0 Å². The second kappa shape index (κ2) is 4.90. The molecule has 1 heterocycles. The van der Waals surface area contributed by atoms with E-state index in [1.807, 2.05) is 24.3 Å². The molecule has 0 atom stereocenters. The van der Waals surface area contributed by atoms with Crippen LogP contribution in [0.15, 0.2) is 42.5 Å². The Morgan fingerprint density at radius 3 is 2.79 bits per heavy atom. The van der Waals surface area contributed by atoms with Crippen LogP contribution in [-0.2, 0) is 0 Å². The summed E-state index contributed by atoms with van der Waals surface area (Å²) in [7, 11) is 1.67. The topological polar surface area (TPSA) is 34.1 Å². The predicted molar refractivity (Wildman–Crippen MR) is 80.6 cm³/mol. The molecule has 4 heteroatoms. The Bertz CT molecular complexity index is 721. The molecule has 0 saturated carbocycles. The van der Waals surface area contributed by atoms with Gasteiger partial charge in [-0.1, -0.05) is 29.5 Å². The van der Waals surface area contributed by atoms with Crippen molar-refractivity contribution in [3.05, 3.63) is 48.0 Å². The second-order valence-electron chi connectivity index (χ2n) is 4.30. The average Bonchev–Trinajstić information content (AvgIpc) is 2.83. The Hall–Kier alpha value is -2.07. The van der Waals surface area contributed by atoms with Crippen molar-refractivity contribution in [2.75, 3.05) is 12.4 Å². The van der Waals surface area contributed by atoms with Gasteiger partial charge in [0.15, 0.2) is 5.13 Å². The Labute approximate surface area is 115 Å². The van der Waals surface area contributed by atoms with Crippen LogP contribution < -0.4 is 10.1 Å². The zero-order valence-electron chi connectivity index (χ0n) is 10.8. The lowest BCUT2D eigenvalue weighted by Crippen LogP contribution is -1.90.